The minimum absolute atomic E-state index is 0.0954. The van der Waals surface area contributed by atoms with E-state index in [1.807, 2.05) is 90.5 Å². The first-order valence-corrected chi connectivity index (χ1v) is 15.7. The molecule has 46 heavy (non-hydrogen) atoms. The summed E-state index contributed by atoms with van der Waals surface area (Å²) in [6.45, 7) is 6.26. The Balaban J connectivity index is 1.19. The summed E-state index contributed by atoms with van der Waals surface area (Å²) in [5.41, 5.74) is 5.81. The molecule has 0 bridgehead atoms. The Hall–Kier alpha value is -5.28. The molecule has 234 valence electrons. The molecule has 4 aromatic rings. The number of hydrogen-bond donors (Lipinski definition) is 1. The van der Waals surface area contributed by atoms with Gasteiger partial charge in [-0.05, 0) is 60.5 Å². The number of hydrogen-bond acceptors (Lipinski definition) is 5. The first kappa shape index (κ1) is 30.7. The van der Waals surface area contributed by atoms with Crippen molar-refractivity contribution in [1.82, 2.24) is 9.91 Å². The molecule has 0 spiro atoms. The van der Waals surface area contributed by atoms with Gasteiger partial charge in [-0.25, -0.2) is 10.0 Å². The highest BCUT2D eigenvalue weighted by Crippen LogP contribution is 2.35. The Morgan fingerprint density at radius 1 is 0.739 bits per heavy atom. The van der Waals surface area contributed by atoms with Crippen molar-refractivity contribution in [1.29, 1.82) is 0 Å². The quantitative estimate of drug-likeness (QED) is 0.298. The van der Waals surface area contributed by atoms with Crippen LogP contribution in [0.2, 0.25) is 0 Å². The van der Waals surface area contributed by atoms with Crippen LogP contribution < -0.4 is 15.2 Å². The van der Waals surface area contributed by atoms with E-state index in [9.17, 15) is 19.2 Å². The third kappa shape index (κ3) is 6.27. The molecule has 1 saturated heterocycles. The molecule has 9 nitrogen and oxygen atoms in total. The van der Waals surface area contributed by atoms with E-state index in [4.69, 9.17) is 0 Å². The average molecular weight is 616 g/mol. The lowest BCUT2D eigenvalue weighted by Crippen LogP contribution is -2.56. The van der Waals surface area contributed by atoms with Gasteiger partial charge in [-0.2, -0.15) is 0 Å². The van der Waals surface area contributed by atoms with Crippen molar-refractivity contribution >= 4 is 40.7 Å². The molecule has 2 aliphatic heterocycles. The fourth-order valence-electron chi connectivity index (χ4n) is 6.05. The second kappa shape index (κ2) is 13.4. The fourth-order valence-corrected chi connectivity index (χ4v) is 6.05. The maximum absolute atomic E-state index is 13.9. The Labute approximate surface area is 269 Å². The van der Waals surface area contributed by atoms with Crippen LogP contribution >= 0.6 is 0 Å². The topological polar surface area (TPSA) is 93.3 Å². The molecule has 0 atom stereocenters. The molecule has 4 aromatic carbocycles. The van der Waals surface area contributed by atoms with E-state index in [1.54, 1.807) is 40.2 Å². The predicted octanol–water partition coefficient (Wildman–Crippen LogP) is 5.77. The van der Waals surface area contributed by atoms with Crippen molar-refractivity contribution in [3.05, 3.63) is 114 Å². The summed E-state index contributed by atoms with van der Waals surface area (Å²) in [6, 6.07) is 29.8. The molecule has 6 rings (SSSR count). The highest BCUT2D eigenvalue weighted by atomic mass is 16.2. The lowest BCUT2D eigenvalue weighted by atomic mass is 9.98. The Kier molecular flexibility index (Phi) is 8.94. The Morgan fingerprint density at radius 2 is 1.39 bits per heavy atom. The van der Waals surface area contributed by atoms with Gasteiger partial charge < -0.3 is 15.1 Å². The van der Waals surface area contributed by atoms with Gasteiger partial charge in [-0.15, -0.1) is 0 Å². The van der Waals surface area contributed by atoms with Crippen LogP contribution in [0.25, 0.3) is 11.1 Å². The van der Waals surface area contributed by atoms with Gasteiger partial charge in [0, 0.05) is 62.4 Å². The molecule has 0 unspecified atom stereocenters. The van der Waals surface area contributed by atoms with Gasteiger partial charge in [-0.3, -0.25) is 19.2 Å². The molecule has 0 aromatic heterocycles. The first-order valence-electron chi connectivity index (χ1n) is 15.7. The van der Waals surface area contributed by atoms with E-state index in [1.165, 1.54) is 0 Å². The number of hydrazine groups is 1. The Bertz CT molecular complexity index is 1760. The minimum atomic E-state index is -0.241. The summed E-state index contributed by atoms with van der Waals surface area (Å²) >= 11 is 0. The van der Waals surface area contributed by atoms with Crippen LogP contribution in [0.4, 0.5) is 17.1 Å². The van der Waals surface area contributed by atoms with Crippen molar-refractivity contribution in [3.63, 3.8) is 0 Å². The number of fused-ring (bicyclic) bond motifs is 1. The summed E-state index contributed by atoms with van der Waals surface area (Å²) in [5.74, 6) is -0.461. The van der Waals surface area contributed by atoms with Gasteiger partial charge >= 0.3 is 0 Å². The molecule has 4 amide bonds. The molecule has 1 N–H and O–H groups in total. The fraction of sp³-hybridized carbons (Fsp3) is 0.243. The molecule has 0 saturated carbocycles. The number of para-hydroxylation sites is 2. The SMILES string of the molecule is CCC(=O)N1CCN(N2C(=O)CCN(C(=O)c3ccc(NC(=O)c4ccccc4-c4ccc(C)cc4)cc3)c3ccccc32)CC1. The van der Waals surface area contributed by atoms with E-state index >= 15 is 0 Å². The largest absolute Gasteiger partial charge is 0.340 e. The number of carbonyl (C=O) groups is 4. The van der Waals surface area contributed by atoms with E-state index in [0.717, 1.165) is 16.7 Å². The van der Waals surface area contributed by atoms with Gasteiger partial charge in [0.25, 0.3) is 11.8 Å². The maximum Gasteiger partial charge on any atom is 0.258 e. The van der Waals surface area contributed by atoms with E-state index in [0.29, 0.717) is 60.8 Å². The summed E-state index contributed by atoms with van der Waals surface area (Å²) in [7, 11) is 0. The second-order valence-corrected chi connectivity index (χ2v) is 11.5. The number of rotatable bonds is 6. The summed E-state index contributed by atoms with van der Waals surface area (Å²) in [6.07, 6.45) is 0.612. The summed E-state index contributed by atoms with van der Waals surface area (Å²) in [5, 5.41) is 6.63. The first-order chi connectivity index (χ1) is 22.3. The second-order valence-electron chi connectivity index (χ2n) is 11.5. The summed E-state index contributed by atoms with van der Waals surface area (Å²) in [4.78, 5) is 56.4. The lowest BCUT2D eigenvalue weighted by molar-refractivity contribution is -0.133. The van der Waals surface area contributed by atoms with Crippen LogP contribution in [0.15, 0.2) is 97.1 Å². The van der Waals surface area contributed by atoms with Crippen LogP contribution in [0.5, 0.6) is 0 Å². The van der Waals surface area contributed by atoms with Crippen molar-refractivity contribution in [3.8, 4) is 11.1 Å². The number of carbonyl (C=O) groups excluding carboxylic acids is 4. The molecule has 0 radical (unpaired) electrons. The highest BCUT2D eigenvalue weighted by Gasteiger charge is 2.34. The zero-order chi connectivity index (χ0) is 32.2. The Morgan fingerprint density at radius 3 is 2.09 bits per heavy atom. The van der Waals surface area contributed by atoms with Crippen LogP contribution in [-0.4, -0.2) is 66.3 Å². The number of aryl methyl sites for hydroxylation is 1. The molecule has 1 fully saturated rings. The van der Waals surface area contributed by atoms with Gasteiger partial charge in [-0.1, -0.05) is 67.1 Å². The minimum Gasteiger partial charge on any atom is -0.340 e. The van der Waals surface area contributed by atoms with Crippen molar-refractivity contribution in [2.75, 3.05) is 47.9 Å². The third-order valence-corrected chi connectivity index (χ3v) is 8.55. The predicted molar refractivity (Wildman–Crippen MR) is 180 cm³/mol. The molecule has 2 heterocycles. The average Bonchev–Trinajstić information content (AvgIpc) is 3.24. The van der Waals surface area contributed by atoms with Crippen LogP contribution in [0.1, 0.15) is 46.0 Å². The third-order valence-electron chi connectivity index (χ3n) is 8.55. The smallest absolute Gasteiger partial charge is 0.258 e. The number of piperazine rings is 1. The highest BCUT2D eigenvalue weighted by molar-refractivity contribution is 6.12. The van der Waals surface area contributed by atoms with Crippen molar-refractivity contribution in [2.24, 2.45) is 0 Å². The number of amides is 4. The van der Waals surface area contributed by atoms with E-state index in [2.05, 4.69) is 5.32 Å². The number of nitrogens with zero attached hydrogens (tertiary/aromatic N) is 4. The zero-order valence-corrected chi connectivity index (χ0v) is 26.1. The summed E-state index contributed by atoms with van der Waals surface area (Å²) < 4.78 is 0. The molecule has 0 aliphatic carbocycles. The standard InChI is InChI=1S/C37H37N5O4/c1-3-34(43)39-22-24-40(25-23-39)42-33-11-7-6-10-32(33)41(21-20-35(42)44)37(46)28-16-18-29(19-17-28)38-36(45)31-9-5-4-8-30(31)27-14-12-26(2)13-15-27/h4-19H,3,20-25H2,1-2H3,(H,38,45). The molecule has 9 heteroatoms. The molecular formula is C37H37N5O4. The van der Waals surface area contributed by atoms with Gasteiger partial charge in [0.1, 0.15) is 0 Å². The van der Waals surface area contributed by atoms with E-state index < -0.39 is 0 Å². The molecule has 2 aliphatic rings. The van der Waals surface area contributed by atoms with Crippen LogP contribution in [-0.2, 0) is 9.59 Å². The van der Waals surface area contributed by atoms with Crippen LogP contribution in [0, 0.1) is 6.92 Å². The number of anilines is 3. The van der Waals surface area contributed by atoms with Gasteiger partial charge in [0.15, 0.2) is 0 Å². The number of benzene rings is 4. The van der Waals surface area contributed by atoms with Crippen molar-refractivity contribution < 1.29 is 19.2 Å². The lowest BCUT2D eigenvalue weighted by Gasteiger charge is -2.41. The van der Waals surface area contributed by atoms with Gasteiger partial charge in [0.2, 0.25) is 11.8 Å². The van der Waals surface area contributed by atoms with E-state index in [-0.39, 0.29) is 36.6 Å². The van der Waals surface area contributed by atoms with Crippen LogP contribution in [0.3, 0.4) is 0 Å². The zero-order valence-electron chi connectivity index (χ0n) is 26.1. The monoisotopic (exact) mass is 615 g/mol. The maximum atomic E-state index is 13.9. The van der Waals surface area contributed by atoms with Crippen molar-refractivity contribution in [2.45, 2.75) is 26.7 Å². The number of nitrogens with one attached hydrogen (secondary N) is 1. The normalized spacial score (nSPS) is 15.3. The molecular weight excluding hydrogens is 578 g/mol. The van der Waals surface area contributed by atoms with Gasteiger partial charge in [0.05, 0.1) is 11.4 Å².